The Bertz CT molecular complexity index is 2840. The minimum atomic E-state index is 1.10. The van der Waals surface area contributed by atoms with Crippen molar-refractivity contribution in [2.45, 2.75) is 0 Å². The van der Waals surface area contributed by atoms with Crippen LogP contribution in [0.4, 0.5) is 17.1 Å². The van der Waals surface area contributed by atoms with Crippen molar-refractivity contribution in [3.05, 3.63) is 231 Å². The molecule has 0 fully saturated rings. The second kappa shape index (κ2) is 14.4. The van der Waals surface area contributed by atoms with Gasteiger partial charge in [-0.25, -0.2) is 0 Å². The topological polar surface area (TPSA) is 8.17 Å². The maximum absolute atomic E-state index is 2.39. The lowest BCUT2D eigenvalue weighted by Gasteiger charge is -2.28. The highest BCUT2D eigenvalue weighted by Gasteiger charge is 2.19. The Labute approximate surface area is 327 Å². The molecule has 2 nitrogen and oxygen atoms in total. The van der Waals surface area contributed by atoms with Crippen LogP contribution in [0.25, 0.3) is 72.0 Å². The SMILES string of the molecule is c1ccc(-c2ccc(N(c3ccc(-c4ccccc4)cc3)c3ccccc3-c3cccc(-c4ccc5c6ccccc6n(-c6ccccc6)c5c4)c3)cc2)cc1. The smallest absolute Gasteiger partial charge is 0.0547 e. The van der Waals surface area contributed by atoms with Crippen LogP contribution >= 0.6 is 0 Å². The Balaban J connectivity index is 1.09. The van der Waals surface area contributed by atoms with Gasteiger partial charge in [0.15, 0.2) is 0 Å². The molecule has 10 rings (SSSR count). The highest BCUT2D eigenvalue weighted by Crippen LogP contribution is 2.43. The molecule has 0 saturated carbocycles. The molecule has 0 amide bonds. The van der Waals surface area contributed by atoms with Gasteiger partial charge in [0.1, 0.15) is 0 Å². The first-order valence-electron chi connectivity index (χ1n) is 19.2. The number of hydrogen-bond donors (Lipinski definition) is 0. The van der Waals surface area contributed by atoms with Gasteiger partial charge in [-0.2, -0.15) is 0 Å². The molecule has 0 aliphatic heterocycles. The molecule has 0 bridgehead atoms. The van der Waals surface area contributed by atoms with Crippen molar-refractivity contribution >= 4 is 38.9 Å². The van der Waals surface area contributed by atoms with Crippen LogP contribution in [0.5, 0.6) is 0 Å². The summed E-state index contributed by atoms with van der Waals surface area (Å²) in [5.74, 6) is 0. The number of nitrogens with zero attached hydrogens (tertiary/aromatic N) is 2. The van der Waals surface area contributed by atoms with Crippen LogP contribution in [0.2, 0.25) is 0 Å². The standard InChI is InChI=1S/C54H38N2/c1-4-15-39(16-5-1)41-27-32-47(33-28-41)55(48-34-29-42(30-35-48)40-17-6-2-7-18-40)52-25-12-10-23-49(52)45-20-14-19-43(37-45)44-31-36-51-50-24-11-13-26-53(50)56(54(51)38-44)46-21-8-3-9-22-46/h1-38H. The number of para-hydroxylation sites is 3. The molecule has 9 aromatic carbocycles. The molecule has 0 N–H and O–H groups in total. The van der Waals surface area contributed by atoms with Crippen molar-refractivity contribution in [3.63, 3.8) is 0 Å². The van der Waals surface area contributed by atoms with Crippen molar-refractivity contribution < 1.29 is 0 Å². The lowest BCUT2D eigenvalue weighted by molar-refractivity contribution is 1.18. The lowest BCUT2D eigenvalue weighted by Crippen LogP contribution is -2.11. The van der Waals surface area contributed by atoms with Gasteiger partial charge in [0.2, 0.25) is 0 Å². The van der Waals surface area contributed by atoms with Gasteiger partial charge in [-0.1, -0.05) is 170 Å². The average molecular weight is 715 g/mol. The van der Waals surface area contributed by atoms with Crippen molar-refractivity contribution in [1.29, 1.82) is 0 Å². The summed E-state index contributed by atoms with van der Waals surface area (Å²) in [5, 5.41) is 2.51. The van der Waals surface area contributed by atoms with Crippen molar-refractivity contribution in [1.82, 2.24) is 4.57 Å². The number of benzene rings is 9. The Kier molecular flexibility index (Phi) is 8.55. The molecule has 0 spiro atoms. The number of rotatable bonds is 8. The zero-order valence-corrected chi connectivity index (χ0v) is 30.8. The summed E-state index contributed by atoms with van der Waals surface area (Å²) in [6.07, 6.45) is 0. The summed E-state index contributed by atoms with van der Waals surface area (Å²) < 4.78 is 2.39. The Morgan fingerprint density at radius 1 is 0.286 bits per heavy atom. The summed E-state index contributed by atoms with van der Waals surface area (Å²) in [7, 11) is 0. The van der Waals surface area contributed by atoms with Crippen LogP contribution in [-0.4, -0.2) is 4.57 Å². The molecule has 0 unspecified atom stereocenters. The second-order valence-electron chi connectivity index (χ2n) is 14.2. The third kappa shape index (κ3) is 6.14. The van der Waals surface area contributed by atoms with Gasteiger partial charge < -0.3 is 9.47 Å². The summed E-state index contributed by atoms with van der Waals surface area (Å²) >= 11 is 0. The normalized spacial score (nSPS) is 11.2. The second-order valence-corrected chi connectivity index (χ2v) is 14.2. The van der Waals surface area contributed by atoms with Crippen LogP contribution in [0.1, 0.15) is 0 Å². The Hall–Kier alpha value is -7.42. The molecule has 2 heteroatoms. The molecular formula is C54H38N2. The van der Waals surface area contributed by atoms with Gasteiger partial charge >= 0.3 is 0 Å². The van der Waals surface area contributed by atoms with Gasteiger partial charge in [0, 0.05) is 33.4 Å². The van der Waals surface area contributed by atoms with Crippen LogP contribution in [-0.2, 0) is 0 Å². The van der Waals surface area contributed by atoms with Gasteiger partial charge in [-0.05, 0) is 99.6 Å². The minimum absolute atomic E-state index is 1.10. The van der Waals surface area contributed by atoms with E-state index in [9.17, 15) is 0 Å². The highest BCUT2D eigenvalue weighted by molar-refractivity contribution is 6.10. The van der Waals surface area contributed by atoms with E-state index in [0.29, 0.717) is 0 Å². The molecule has 0 aliphatic rings. The van der Waals surface area contributed by atoms with Gasteiger partial charge in [0.05, 0.1) is 16.7 Å². The third-order valence-corrected chi connectivity index (χ3v) is 10.8. The number of hydrogen-bond acceptors (Lipinski definition) is 1. The molecule has 1 heterocycles. The minimum Gasteiger partial charge on any atom is -0.310 e. The van der Waals surface area contributed by atoms with Crippen molar-refractivity contribution in [2.75, 3.05) is 4.90 Å². The fourth-order valence-corrected chi connectivity index (χ4v) is 8.08. The maximum Gasteiger partial charge on any atom is 0.0547 e. The van der Waals surface area contributed by atoms with Crippen LogP contribution < -0.4 is 4.90 Å². The number of aromatic nitrogens is 1. The summed E-state index contributed by atoms with van der Waals surface area (Å²) in [4.78, 5) is 2.38. The lowest BCUT2D eigenvalue weighted by atomic mass is 9.96. The molecule has 0 atom stereocenters. The van der Waals surface area contributed by atoms with Gasteiger partial charge in [-0.15, -0.1) is 0 Å². The molecule has 0 radical (unpaired) electrons. The first-order valence-corrected chi connectivity index (χ1v) is 19.2. The zero-order chi connectivity index (χ0) is 37.3. The molecule has 56 heavy (non-hydrogen) atoms. The molecule has 10 aromatic rings. The van der Waals surface area contributed by atoms with E-state index in [0.717, 1.165) is 33.9 Å². The van der Waals surface area contributed by atoms with E-state index in [4.69, 9.17) is 0 Å². The van der Waals surface area contributed by atoms with Crippen LogP contribution in [0.3, 0.4) is 0 Å². The third-order valence-electron chi connectivity index (χ3n) is 10.8. The van der Waals surface area contributed by atoms with Gasteiger partial charge in [0.25, 0.3) is 0 Å². The van der Waals surface area contributed by atoms with Crippen molar-refractivity contribution in [3.8, 4) is 50.2 Å². The first-order chi connectivity index (χ1) is 27.8. The number of fused-ring (bicyclic) bond motifs is 3. The number of anilines is 3. The zero-order valence-electron chi connectivity index (χ0n) is 30.8. The quantitative estimate of drug-likeness (QED) is 0.152. The highest BCUT2D eigenvalue weighted by atomic mass is 15.1. The van der Waals surface area contributed by atoms with Crippen LogP contribution in [0.15, 0.2) is 231 Å². The van der Waals surface area contributed by atoms with Crippen molar-refractivity contribution in [2.24, 2.45) is 0 Å². The average Bonchev–Trinajstić information content (AvgIpc) is 3.62. The summed E-state index contributed by atoms with van der Waals surface area (Å²) in [5.41, 5.74) is 16.4. The van der Waals surface area contributed by atoms with E-state index < -0.39 is 0 Å². The maximum atomic E-state index is 2.39. The van der Waals surface area contributed by atoms with E-state index in [1.807, 2.05) is 0 Å². The summed E-state index contributed by atoms with van der Waals surface area (Å²) in [6, 6.07) is 83.0. The summed E-state index contributed by atoms with van der Waals surface area (Å²) in [6.45, 7) is 0. The molecule has 0 aliphatic carbocycles. The van der Waals surface area contributed by atoms with E-state index in [2.05, 4.69) is 240 Å². The largest absolute Gasteiger partial charge is 0.310 e. The van der Waals surface area contributed by atoms with Gasteiger partial charge in [-0.3, -0.25) is 0 Å². The molecule has 264 valence electrons. The van der Waals surface area contributed by atoms with Crippen LogP contribution in [0, 0.1) is 0 Å². The van der Waals surface area contributed by atoms with E-state index in [1.165, 1.54) is 55.2 Å². The van der Waals surface area contributed by atoms with E-state index in [1.54, 1.807) is 0 Å². The fraction of sp³-hybridized carbons (Fsp3) is 0. The first kappa shape index (κ1) is 33.2. The fourth-order valence-electron chi connectivity index (χ4n) is 8.08. The van der Waals surface area contributed by atoms with E-state index >= 15 is 0 Å². The molecular weight excluding hydrogens is 677 g/mol. The Morgan fingerprint density at radius 2 is 0.750 bits per heavy atom. The molecule has 1 aromatic heterocycles. The monoisotopic (exact) mass is 714 g/mol. The predicted molar refractivity (Wildman–Crippen MR) is 237 cm³/mol. The predicted octanol–water partition coefficient (Wildman–Crippen LogP) is 14.9. The Morgan fingerprint density at radius 3 is 1.41 bits per heavy atom. The molecule has 0 saturated heterocycles. The van der Waals surface area contributed by atoms with E-state index in [-0.39, 0.29) is 0 Å².